The minimum absolute atomic E-state index is 0.490. The van der Waals surface area contributed by atoms with Crippen LogP contribution in [0, 0.1) is 11.8 Å². The van der Waals surface area contributed by atoms with Crippen LogP contribution in [0.25, 0.3) is 0 Å². The molecule has 0 aromatic carbocycles. The van der Waals surface area contributed by atoms with Crippen LogP contribution in [0.3, 0.4) is 0 Å². The van der Waals surface area contributed by atoms with Crippen molar-refractivity contribution >= 4 is 28.9 Å². The van der Waals surface area contributed by atoms with Gasteiger partial charge in [0.05, 0.1) is 0 Å². The first-order valence-corrected chi connectivity index (χ1v) is 6.73. The zero-order valence-corrected chi connectivity index (χ0v) is 10.9. The molecule has 0 heterocycles. The summed E-state index contributed by atoms with van der Waals surface area (Å²) in [6.45, 7) is 0. The highest BCUT2D eigenvalue weighted by atomic mass is 35.5. The van der Waals surface area contributed by atoms with Gasteiger partial charge in [-0.05, 0) is 43.3 Å². The highest BCUT2D eigenvalue weighted by Crippen LogP contribution is 2.57. The van der Waals surface area contributed by atoms with E-state index in [1.54, 1.807) is 5.57 Å². The monoisotopic (exact) mass is 255 g/mol. The Labute approximate surface area is 106 Å². The summed E-state index contributed by atoms with van der Waals surface area (Å²) in [7, 11) is 1.91. The van der Waals surface area contributed by atoms with Crippen molar-refractivity contribution in [1.29, 1.82) is 0 Å². The standard InChI is InChI=1S/C13H15Cl2N/c1-16-10-4-2-3-7-8-5-6-9(11(7)10)12(8)13(14)15/h8-9H,2-6H2,1H3/b16-10+. The summed E-state index contributed by atoms with van der Waals surface area (Å²) in [5.74, 6) is 1.03. The van der Waals surface area contributed by atoms with E-state index in [1.165, 1.54) is 42.5 Å². The summed E-state index contributed by atoms with van der Waals surface area (Å²) in [5.41, 5.74) is 5.69. The number of hydrogen-bond donors (Lipinski definition) is 0. The zero-order chi connectivity index (χ0) is 11.3. The molecule has 0 spiro atoms. The molecule has 0 amide bonds. The average Bonchev–Trinajstić information content (AvgIpc) is 2.84. The summed E-state index contributed by atoms with van der Waals surface area (Å²) in [5, 5.41) is 0. The third-order valence-electron chi connectivity index (χ3n) is 4.27. The molecular formula is C13H15Cl2N. The molecule has 1 saturated carbocycles. The van der Waals surface area contributed by atoms with Crippen molar-refractivity contribution < 1.29 is 0 Å². The first kappa shape index (κ1) is 10.9. The Kier molecular flexibility index (Phi) is 2.64. The van der Waals surface area contributed by atoms with Gasteiger partial charge in [0.25, 0.3) is 0 Å². The first-order valence-electron chi connectivity index (χ1n) is 5.98. The number of allylic oxidation sites excluding steroid dienone is 3. The van der Waals surface area contributed by atoms with E-state index in [9.17, 15) is 0 Å². The van der Waals surface area contributed by atoms with Gasteiger partial charge in [-0.1, -0.05) is 28.8 Å². The van der Waals surface area contributed by atoms with E-state index < -0.39 is 0 Å². The van der Waals surface area contributed by atoms with Crippen LogP contribution in [0.5, 0.6) is 0 Å². The van der Waals surface area contributed by atoms with E-state index in [0.29, 0.717) is 16.3 Å². The SMILES string of the molecule is C/N=C1\CCCC2=C1C1CCC2C1=C(Cl)Cl. The third kappa shape index (κ3) is 1.34. The lowest BCUT2D eigenvalue weighted by Crippen LogP contribution is -2.17. The molecule has 3 aliphatic carbocycles. The summed E-state index contributed by atoms with van der Waals surface area (Å²) in [4.78, 5) is 4.45. The molecule has 0 aromatic rings. The van der Waals surface area contributed by atoms with E-state index in [2.05, 4.69) is 4.99 Å². The Morgan fingerprint density at radius 3 is 2.62 bits per heavy atom. The highest BCUT2D eigenvalue weighted by molar-refractivity contribution is 6.56. The second-order valence-corrected chi connectivity index (χ2v) is 5.81. The normalized spacial score (nSPS) is 34.9. The molecule has 1 fully saturated rings. The lowest BCUT2D eigenvalue weighted by atomic mass is 9.81. The molecule has 2 bridgehead atoms. The Hall–Kier alpha value is -0.270. The summed E-state index contributed by atoms with van der Waals surface area (Å²) in [6, 6.07) is 0. The Bertz CT molecular complexity index is 427. The summed E-state index contributed by atoms with van der Waals surface area (Å²) >= 11 is 12.1. The second-order valence-electron chi connectivity index (χ2n) is 4.86. The van der Waals surface area contributed by atoms with Gasteiger partial charge in [0.1, 0.15) is 4.49 Å². The molecular weight excluding hydrogens is 241 g/mol. The number of rotatable bonds is 0. The van der Waals surface area contributed by atoms with Crippen LogP contribution >= 0.6 is 23.2 Å². The average molecular weight is 256 g/mol. The van der Waals surface area contributed by atoms with Gasteiger partial charge in [0, 0.05) is 24.6 Å². The smallest absolute Gasteiger partial charge is 0.107 e. The molecule has 3 rings (SSSR count). The summed E-state index contributed by atoms with van der Waals surface area (Å²) < 4.78 is 0.511. The van der Waals surface area contributed by atoms with E-state index in [1.807, 2.05) is 7.05 Å². The van der Waals surface area contributed by atoms with Crippen LogP contribution in [0.4, 0.5) is 0 Å². The predicted molar refractivity (Wildman–Crippen MR) is 69.2 cm³/mol. The van der Waals surface area contributed by atoms with Gasteiger partial charge in [0.15, 0.2) is 0 Å². The van der Waals surface area contributed by atoms with Crippen LogP contribution in [-0.4, -0.2) is 12.8 Å². The maximum absolute atomic E-state index is 6.05. The fraction of sp³-hybridized carbons (Fsp3) is 0.615. The number of fused-ring (bicyclic) bond motifs is 4. The molecule has 16 heavy (non-hydrogen) atoms. The molecule has 0 N–H and O–H groups in total. The van der Waals surface area contributed by atoms with E-state index in [-0.39, 0.29) is 0 Å². The molecule has 0 aromatic heterocycles. The second kappa shape index (κ2) is 3.89. The van der Waals surface area contributed by atoms with Crippen molar-refractivity contribution in [3.63, 3.8) is 0 Å². The van der Waals surface area contributed by atoms with Crippen LogP contribution < -0.4 is 0 Å². The van der Waals surface area contributed by atoms with E-state index in [0.717, 1.165) is 6.42 Å². The molecule has 0 saturated heterocycles. The van der Waals surface area contributed by atoms with Crippen molar-refractivity contribution in [2.75, 3.05) is 7.05 Å². The fourth-order valence-corrected chi connectivity index (χ4v) is 4.26. The van der Waals surface area contributed by atoms with Gasteiger partial charge in [0.2, 0.25) is 0 Å². The van der Waals surface area contributed by atoms with Gasteiger partial charge >= 0.3 is 0 Å². The van der Waals surface area contributed by atoms with Crippen molar-refractivity contribution in [1.82, 2.24) is 0 Å². The Balaban J connectivity index is 2.12. The number of aliphatic imine (C=N–C) groups is 1. The quantitative estimate of drug-likeness (QED) is 0.613. The molecule has 86 valence electrons. The zero-order valence-electron chi connectivity index (χ0n) is 9.39. The minimum atomic E-state index is 0.490. The maximum atomic E-state index is 6.05. The van der Waals surface area contributed by atoms with Crippen molar-refractivity contribution in [3.8, 4) is 0 Å². The third-order valence-corrected chi connectivity index (χ3v) is 4.71. The molecule has 3 heteroatoms. The summed E-state index contributed by atoms with van der Waals surface area (Å²) in [6.07, 6.45) is 6.04. The van der Waals surface area contributed by atoms with Crippen molar-refractivity contribution in [3.05, 3.63) is 21.2 Å². The van der Waals surface area contributed by atoms with Crippen molar-refractivity contribution in [2.24, 2.45) is 16.8 Å². The number of hydrogen-bond acceptors (Lipinski definition) is 1. The van der Waals surface area contributed by atoms with Gasteiger partial charge in [-0.2, -0.15) is 0 Å². The number of halogens is 2. The fourth-order valence-electron chi connectivity index (χ4n) is 3.73. The Morgan fingerprint density at radius 1 is 1.19 bits per heavy atom. The van der Waals surface area contributed by atoms with Crippen LogP contribution in [0.1, 0.15) is 32.1 Å². The molecule has 2 atom stereocenters. The lowest BCUT2D eigenvalue weighted by Gasteiger charge is -2.24. The largest absolute Gasteiger partial charge is 0.293 e. The van der Waals surface area contributed by atoms with Crippen LogP contribution in [0.2, 0.25) is 0 Å². The molecule has 0 aliphatic heterocycles. The minimum Gasteiger partial charge on any atom is -0.293 e. The molecule has 0 radical (unpaired) electrons. The maximum Gasteiger partial charge on any atom is 0.107 e. The van der Waals surface area contributed by atoms with Gasteiger partial charge in [-0.3, -0.25) is 4.99 Å². The molecule has 1 nitrogen and oxygen atoms in total. The lowest BCUT2D eigenvalue weighted by molar-refractivity contribution is 0.613. The highest BCUT2D eigenvalue weighted by Gasteiger charge is 2.46. The molecule has 2 unspecified atom stereocenters. The predicted octanol–water partition coefficient (Wildman–Crippen LogP) is 4.27. The Morgan fingerprint density at radius 2 is 1.94 bits per heavy atom. The topological polar surface area (TPSA) is 12.4 Å². The van der Waals surface area contributed by atoms with Gasteiger partial charge < -0.3 is 0 Å². The van der Waals surface area contributed by atoms with Crippen molar-refractivity contribution in [2.45, 2.75) is 32.1 Å². The molecule has 3 aliphatic rings. The van der Waals surface area contributed by atoms with Crippen LogP contribution in [-0.2, 0) is 0 Å². The van der Waals surface area contributed by atoms with Gasteiger partial charge in [-0.15, -0.1) is 0 Å². The number of nitrogens with zero attached hydrogens (tertiary/aromatic N) is 1. The van der Waals surface area contributed by atoms with Crippen LogP contribution in [0.15, 0.2) is 26.2 Å². The first-order chi connectivity index (χ1) is 7.74. The van der Waals surface area contributed by atoms with E-state index >= 15 is 0 Å². The van der Waals surface area contributed by atoms with Gasteiger partial charge in [-0.25, -0.2) is 0 Å². The van der Waals surface area contributed by atoms with E-state index in [4.69, 9.17) is 23.2 Å².